The average Bonchev–Trinajstić information content (AvgIpc) is 2.74. The van der Waals surface area contributed by atoms with E-state index in [1.54, 1.807) is 15.6 Å². The number of hydrogen-bond acceptors (Lipinski definition) is 3. The fraction of sp³-hybridized carbons (Fsp3) is 0.600. The molecule has 1 amide bonds. The molecule has 1 N–H and O–H groups in total. The summed E-state index contributed by atoms with van der Waals surface area (Å²) in [6, 6.07) is 1.77. The number of rotatable bonds is 1. The third kappa shape index (κ3) is 1.87. The van der Waals surface area contributed by atoms with Gasteiger partial charge in [0.1, 0.15) is 0 Å². The van der Waals surface area contributed by atoms with E-state index in [0.29, 0.717) is 25.2 Å². The quantitative estimate of drug-likeness (QED) is 0.704. The predicted molar refractivity (Wildman–Crippen MR) is 54.5 cm³/mol. The van der Waals surface area contributed by atoms with Gasteiger partial charge >= 0.3 is 0 Å². The molecule has 1 atom stereocenters. The molecule has 1 aromatic rings. The van der Waals surface area contributed by atoms with E-state index in [1.807, 2.05) is 14.0 Å². The maximum atomic E-state index is 11.9. The number of nitrogens with zero attached hydrogens (tertiary/aromatic N) is 3. The molecular formula is C10H15N3O2. The number of aromatic nitrogens is 2. The van der Waals surface area contributed by atoms with E-state index in [0.717, 1.165) is 5.69 Å². The van der Waals surface area contributed by atoms with E-state index in [1.165, 1.54) is 0 Å². The van der Waals surface area contributed by atoms with Crippen molar-refractivity contribution in [2.45, 2.75) is 19.4 Å². The average molecular weight is 209 g/mol. The molecule has 0 saturated carbocycles. The molecular weight excluding hydrogens is 194 g/mol. The highest BCUT2D eigenvalue weighted by Gasteiger charge is 2.26. The van der Waals surface area contributed by atoms with Crippen molar-refractivity contribution in [2.75, 3.05) is 13.1 Å². The topological polar surface area (TPSA) is 58.4 Å². The zero-order chi connectivity index (χ0) is 11.0. The Morgan fingerprint density at radius 2 is 2.40 bits per heavy atom. The molecule has 1 fully saturated rings. The first-order valence-electron chi connectivity index (χ1n) is 5.06. The molecule has 1 aliphatic rings. The number of hydrogen-bond donors (Lipinski definition) is 1. The van der Waals surface area contributed by atoms with Crippen LogP contribution in [0.15, 0.2) is 6.07 Å². The summed E-state index contributed by atoms with van der Waals surface area (Å²) in [7, 11) is 1.81. The highest BCUT2D eigenvalue weighted by molar-refractivity contribution is 5.92. The number of likely N-dealkylation sites (tertiary alicyclic amines) is 1. The van der Waals surface area contributed by atoms with Gasteiger partial charge in [0.2, 0.25) is 0 Å². The van der Waals surface area contributed by atoms with Gasteiger partial charge in [-0.1, -0.05) is 0 Å². The number of aliphatic hydroxyl groups is 1. The van der Waals surface area contributed by atoms with Gasteiger partial charge in [-0.05, 0) is 19.4 Å². The van der Waals surface area contributed by atoms with Gasteiger partial charge in [0.15, 0.2) is 5.69 Å². The second-order valence-electron chi connectivity index (χ2n) is 3.99. The van der Waals surface area contributed by atoms with Crippen molar-refractivity contribution in [2.24, 2.45) is 7.05 Å². The van der Waals surface area contributed by atoms with E-state index < -0.39 is 0 Å². The highest BCUT2D eigenvalue weighted by atomic mass is 16.3. The first kappa shape index (κ1) is 10.2. The zero-order valence-corrected chi connectivity index (χ0v) is 8.97. The Hall–Kier alpha value is -1.36. The summed E-state index contributed by atoms with van der Waals surface area (Å²) in [6.07, 6.45) is 0.288. The van der Waals surface area contributed by atoms with Crippen molar-refractivity contribution in [1.29, 1.82) is 0 Å². The normalized spacial score (nSPS) is 21.0. The molecule has 15 heavy (non-hydrogen) atoms. The molecule has 0 bridgehead atoms. The minimum atomic E-state index is -0.376. The van der Waals surface area contributed by atoms with Crippen LogP contribution in [0.3, 0.4) is 0 Å². The monoisotopic (exact) mass is 209 g/mol. The maximum Gasteiger partial charge on any atom is 0.274 e. The van der Waals surface area contributed by atoms with Crippen LogP contribution >= 0.6 is 0 Å². The largest absolute Gasteiger partial charge is 0.391 e. The third-order valence-electron chi connectivity index (χ3n) is 2.78. The Balaban J connectivity index is 2.14. The lowest BCUT2D eigenvalue weighted by Gasteiger charge is -2.13. The van der Waals surface area contributed by atoms with Crippen molar-refractivity contribution in [3.8, 4) is 0 Å². The fourth-order valence-electron chi connectivity index (χ4n) is 1.75. The van der Waals surface area contributed by atoms with E-state index in [-0.39, 0.29) is 12.0 Å². The highest BCUT2D eigenvalue weighted by Crippen LogP contribution is 2.13. The fourth-order valence-corrected chi connectivity index (χ4v) is 1.75. The summed E-state index contributed by atoms with van der Waals surface area (Å²) < 4.78 is 1.68. The maximum absolute atomic E-state index is 11.9. The van der Waals surface area contributed by atoms with Crippen molar-refractivity contribution in [3.05, 3.63) is 17.5 Å². The van der Waals surface area contributed by atoms with Crippen molar-refractivity contribution < 1.29 is 9.90 Å². The SMILES string of the molecule is Cc1cc(C(=O)N2CCC(O)C2)nn1C. The summed E-state index contributed by atoms with van der Waals surface area (Å²) in [4.78, 5) is 13.5. The van der Waals surface area contributed by atoms with E-state index in [9.17, 15) is 9.90 Å². The number of β-amino-alcohol motifs (C(OH)–C–C–N with tert-alkyl or cyclic N) is 1. The number of aryl methyl sites for hydroxylation is 2. The first-order chi connectivity index (χ1) is 7.08. The minimum absolute atomic E-state index is 0.0877. The summed E-state index contributed by atoms with van der Waals surface area (Å²) >= 11 is 0. The Morgan fingerprint density at radius 3 is 2.87 bits per heavy atom. The van der Waals surface area contributed by atoms with Gasteiger partial charge in [-0.2, -0.15) is 5.10 Å². The van der Waals surface area contributed by atoms with Crippen molar-refractivity contribution >= 4 is 5.91 Å². The minimum Gasteiger partial charge on any atom is -0.391 e. The Bertz CT molecular complexity index is 367. The smallest absolute Gasteiger partial charge is 0.274 e. The number of aliphatic hydroxyl groups excluding tert-OH is 1. The molecule has 0 spiro atoms. The number of carbonyl (C=O) groups excluding carboxylic acids is 1. The van der Waals surface area contributed by atoms with Crippen LogP contribution in [0.1, 0.15) is 22.6 Å². The molecule has 0 aliphatic carbocycles. The van der Waals surface area contributed by atoms with Gasteiger partial charge < -0.3 is 10.0 Å². The molecule has 2 heterocycles. The predicted octanol–water partition coefficient (Wildman–Crippen LogP) is -0.0647. The number of carbonyl (C=O) groups is 1. The zero-order valence-electron chi connectivity index (χ0n) is 8.97. The molecule has 0 radical (unpaired) electrons. The van der Waals surface area contributed by atoms with E-state index in [4.69, 9.17) is 0 Å². The van der Waals surface area contributed by atoms with Crippen molar-refractivity contribution in [1.82, 2.24) is 14.7 Å². The second kappa shape index (κ2) is 3.66. The Kier molecular flexibility index (Phi) is 2.48. The summed E-state index contributed by atoms with van der Waals surface area (Å²) in [5, 5.41) is 13.5. The van der Waals surface area contributed by atoms with Crippen LogP contribution in [0.5, 0.6) is 0 Å². The molecule has 1 aliphatic heterocycles. The van der Waals surface area contributed by atoms with E-state index in [2.05, 4.69) is 5.10 Å². The molecule has 1 aromatic heterocycles. The molecule has 0 aromatic carbocycles. The molecule has 1 saturated heterocycles. The Labute approximate surface area is 88.3 Å². The van der Waals surface area contributed by atoms with Crippen LogP contribution in [0, 0.1) is 6.92 Å². The lowest BCUT2D eigenvalue weighted by Crippen LogP contribution is -2.29. The second-order valence-corrected chi connectivity index (χ2v) is 3.99. The van der Waals surface area contributed by atoms with Crippen LogP contribution in [0.4, 0.5) is 0 Å². The van der Waals surface area contributed by atoms with Gasteiger partial charge in [0, 0.05) is 25.8 Å². The lowest BCUT2D eigenvalue weighted by atomic mass is 10.3. The summed E-state index contributed by atoms with van der Waals surface area (Å²) in [5.74, 6) is -0.0877. The number of amides is 1. The third-order valence-corrected chi connectivity index (χ3v) is 2.78. The Morgan fingerprint density at radius 1 is 1.67 bits per heavy atom. The lowest BCUT2D eigenvalue weighted by molar-refractivity contribution is 0.0758. The van der Waals surface area contributed by atoms with Gasteiger partial charge in [-0.25, -0.2) is 0 Å². The standard InChI is InChI=1S/C10H15N3O2/c1-7-5-9(11-12(7)2)10(15)13-4-3-8(14)6-13/h5,8,14H,3-4,6H2,1-2H3. The molecule has 5 heteroatoms. The van der Waals surface area contributed by atoms with Crippen LogP contribution in [-0.2, 0) is 7.05 Å². The van der Waals surface area contributed by atoms with Crippen LogP contribution in [0.2, 0.25) is 0 Å². The first-order valence-corrected chi connectivity index (χ1v) is 5.06. The molecule has 5 nitrogen and oxygen atoms in total. The summed E-state index contributed by atoms with van der Waals surface area (Å²) in [6.45, 7) is 2.95. The van der Waals surface area contributed by atoms with Gasteiger partial charge in [-0.15, -0.1) is 0 Å². The van der Waals surface area contributed by atoms with Gasteiger partial charge in [-0.3, -0.25) is 9.48 Å². The molecule has 1 unspecified atom stereocenters. The molecule has 2 rings (SSSR count). The van der Waals surface area contributed by atoms with Crippen LogP contribution < -0.4 is 0 Å². The van der Waals surface area contributed by atoms with Crippen LogP contribution in [0.25, 0.3) is 0 Å². The van der Waals surface area contributed by atoms with E-state index >= 15 is 0 Å². The van der Waals surface area contributed by atoms with Gasteiger partial charge in [0.25, 0.3) is 5.91 Å². The van der Waals surface area contributed by atoms with Crippen molar-refractivity contribution in [3.63, 3.8) is 0 Å². The van der Waals surface area contributed by atoms with Crippen LogP contribution in [-0.4, -0.2) is 44.9 Å². The van der Waals surface area contributed by atoms with Gasteiger partial charge in [0.05, 0.1) is 6.10 Å². The molecule has 82 valence electrons. The summed E-state index contributed by atoms with van der Waals surface area (Å²) in [5.41, 5.74) is 1.42.